The SMILES string of the molecule is Cc1nn(Cc2ccc(Cl)cc2)c2sc(C(=O)OCCO)cc12. The summed E-state index contributed by atoms with van der Waals surface area (Å²) < 4.78 is 6.84. The number of ether oxygens (including phenoxy) is 1. The lowest BCUT2D eigenvalue weighted by Crippen LogP contribution is -2.07. The second kappa shape index (κ2) is 6.70. The predicted molar refractivity (Wildman–Crippen MR) is 90.3 cm³/mol. The van der Waals surface area contributed by atoms with Gasteiger partial charge in [-0.1, -0.05) is 23.7 Å². The van der Waals surface area contributed by atoms with Crippen LogP contribution in [0.25, 0.3) is 10.2 Å². The van der Waals surface area contributed by atoms with Gasteiger partial charge in [-0.25, -0.2) is 4.79 Å². The van der Waals surface area contributed by atoms with Crippen LogP contribution in [-0.2, 0) is 11.3 Å². The van der Waals surface area contributed by atoms with Crippen LogP contribution in [0.4, 0.5) is 0 Å². The number of carbonyl (C=O) groups is 1. The van der Waals surface area contributed by atoms with Crippen molar-refractivity contribution in [2.45, 2.75) is 13.5 Å². The minimum Gasteiger partial charge on any atom is -0.459 e. The number of aliphatic hydroxyl groups excluding tert-OH is 1. The van der Waals surface area contributed by atoms with Crippen molar-refractivity contribution < 1.29 is 14.6 Å². The molecule has 23 heavy (non-hydrogen) atoms. The Hall–Kier alpha value is -1.89. The lowest BCUT2D eigenvalue weighted by atomic mass is 10.2. The molecule has 2 heterocycles. The lowest BCUT2D eigenvalue weighted by Gasteiger charge is -2.03. The Labute approximate surface area is 142 Å². The van der Waals surface area contributed by atoms with Crippen molar-refractivity contribution in [1.29, 1.82) is 0 Å². The van der Waals surface area contributed by atoms with Gasteiger partial charge in [-0.2, -0.15) is 5.10 Å². The highest BCUT2D eigenvalue weighted by atomic mass is 35.5. The minimum absolute atomic E-state index is 0.00294. The van der Waals surface area contributed by atoms with E-state index in [1.807, 2.05) is 35.9 Å². The van der Waals surface area contributed by atoms with E-state index in [-0.39, 0.29) is 13.2 Å². The quantitative estimate of drug-likeness (QED) is 0.717. The summed E-state index contributed by atoms with van der Waals surface area (Å²) >= 11 is 7.25. The third-order valence-electron chi connectivity index (χ3n) is 3.38. The molecule has 0 fully saturated rings. The Balaban J connectivity index is 1.90. The fourth-order valence-electron chi connectivity index (χ4n) is 2.29. The van der Waals surface area contributed by atoms with Crippen LogP contribution in [0.2, 0.25) is 5.02 Å². The molecule has 5 nitrogen and oxygen atoms in total. The zero-order valence-corrected chi connectivity index (χ0v) is 14.0. The molecule has 1 N–H and O–H groups in total. The van der Waals surface area contributed by atoms with E-state index in [0.29, 0.717) is 16.4 Å². The van der Waals surface area contributed by atoms with Crippen molar-refractivity contribution in [2.24, 2.45) is 0 Å². The van der Waals surface area contributed by atoms with Crippen molar-refractivity contribution in [1.82, 2.24) is 9.78 Å². The van der Waals surface area contributed by atoms with Crippen LogP contribution in [0.1, 0.15) is 20.9 Å². The molecule has 0 radical (unpaired) electrons. The van der Waals surface area contributed by atoms with Crippen molar-refractivity contribution in [3.05, 3.63) is 51.5 Å². The van der Waals surface area contributed by atoms with Gasteiger partial charge < -0.3 is 9.84 Å². The number of halogens is 1. The summed E-state index contributed by atoms with van der Waals surface area (Å²) in [5.74, 6) is -0.419. The predicted octanol–water partition coefficient (Wildman–Crippen LogP) is 3.26. The van der Waals surface area contributed by atoms with Crippen LogP contribution < -0.4 is 0 Å². The van der Waals surface area contributed by atoms with E-state index in [0.717, 1.165) is 21.5 Å². The molecule has 0 aliphatic heterocycles. The van der Waals surface area contributed by atoms with E-state index < -0.39 is 5.97 Å². The number of aryl methyl sites for hydroxylation is 1. The molecule has 0 atom stereocenters. The molecule has 1 aromatic carbocycles. The van der Waals surface area contributed by atoms with Crippen LogP contribution >= 0.6 is 22.9 Å². The number of nitrogens with zero attached hydrogens (tertiary/aromatic N) is 2. The maximum Gasteiger partial charge on any atom is 0.348 e. The van der Waals surface area contributed by atoms with Gasteiger partial charge in [-0.3, -0.25) is 4.68 Å². The molecule has 0 saturated heterocycles. The number of carbonyl (C=O) groups excluding carboxylic acids is 1. The van der Waals surface area contributed by atoms with Gasteiger partial charge in [-0.05, 0) is 30.7 Å². The van der Waals surface area contributed by atoms with E-state index in [2.05, 4.69) is 5.10 Å². The molecule has 0 bridgehead atoms. The number of aromatic nitrogens is 2. The van der Waals surface area contributed by atoms with E-state index >= 15 is 0 Å². The van der Waals surface area contributed by atoms with E-state index in [4.69, 9.17) is 21.4 Å². The van der Waals surface area contributed by atoms with Gasteiger partial charge in [-0.15, -0.1) is 11.3 Å². The van der Waals surface area contributed by atoms with Gasteiger partial charge in [0.15, 0.2) is 0 Å². The summed E-state index contributed by atoms with van der Waals surface area (Å²) in [5.41, 5.74) is 1.95. The molecule has 0 unspecified atom stereocenters. The van der Waals surface area contributed by atoms with E-state index in [1.54, 1.807) is 6.07 Å². The zero-order valence-electron chi connectivity index (χ0n) is 12.5. The largest absolute Gasteiger partial charge is 0.459 e. The first kappa shape index (κ1) is 16.0. The molecule has 0 saturated carbocycles. The Morgan fingerprint density at radius 2 is 2.13 bits per heavy atom. The van der Waals surface area contributed by atoms with Crippen molar-refractivity contribution >= 4 is 39.1 Å². The molecule has 3 rings (SSSR count). The van der Waals surface area contributed by atoms with Crippen LogP contribution in [0.5, 0.6) is 0 Å². The highest BCUT2D eigenvalue weighted by molar-refractivity contribution is 7.20. The first-order valence-corrected chi connectivity index (χ1v) is 8.27. The number of esters is 1. The highest BCUT2D eigenvalue weighted by Crippen LogP contribution is 2.29. The van der Waals surface area contributed by atoms with Crippen LogP contribution in [-0.4, -0.2) is 34.1 Å². The zero-order chi connectivity index (χ0) is 16.4. The summed E-state index contributed by atoms with van der Waals surface area (Å²) in [6.07, 6.45) is 0. The minimum atomic E-state index is -0.419. The first-order chi connectivity index (χ1) is 11.1. The topological polar surface area (TPSA) is 64.4 Å². The summed E-state index contributed by atoms with van der Waals surface area (Å²) in [5, 5.41) is 14.9. The normalized spacial score (nSPS) is 11.1. The molecule has 0 aliphatic rings. The van der Waals surface area contributed by atoms with E-state index in [9.17, 15) is 4.79 Å². The average Bonchev–Trinajstić information content (AvgIpc) is 3.09. The van der Waals surface area contributed by atoms with Crippen molar-refractivity contribution in [2.75, 3.05) is 13.2 Å². The Morgan fingerprint density at radius 3 is 2.83 bits per heavy atom. The number of thiophene rings is 1. The molecular weight excluding hydrogens is 336 g/mol. The molecule has 7 heteroatoms. The van der Waals surface area contributed by atoms with Crippen LogP contribution in [0, 0.1) is 6.92 Å². The van der Waals surface area contributed by atoms with Gasteiger partial charge in [0.1, 0.15) is 16.3 Å². The summed E-state index contributed by atoms with van der Waals surface area (Å²) in [6.45, 7) is 2.34. The molecule has 0 aliphatic carbocycles. The van der Waals surface area contributed by atoms with Gasteiger partial charge in [0.25, 0.3) is 0 Å². The smallest absolute Gasteiger partial charge is 0.348 e. The number of fused-ring (bicyclic) bond motifs is 1. The van der Waals surface area contributed by atoms with Crippen molar-refractivity contribution in [3.8, 4) is 0 Å². The molecule has 120 valence electrons. The molecular formula is C16H15ClN2O3S. The maximum atomic E-state index is 11.9. The second-order valence-corrected chi connectivity index (χ2v) is 6.53. The van der Waals surface area contributed by atoms with Crippen molar-refractivity contribution in [3.63, 3.8) is 0 Å². The van der Waals surface area contributed by atoms with Gasteiger partial charge >= 0.3 is 5.97 Å². The van der Waals surface area contributed by atoms with Crippen LogP contribution in [0.15, 0.2) is 30.3 Å². The Bertz CT molecular complexity index is 839. The number of hydrogen-bond acceptors (Lipinski definition) is 5. The average molecular weight is 351 g/mol. The first-order valence-electron chi connectivity index (χ1n) is 7.08. The summed E-state index contributed by atoms with van der Waals surface area (Å²) in [7, 11) is 0. The van der Waals surface area contributed by atoms with Crippen LogP contribution in [0.3, 0.4) is 0 Å². The standard InChI is InChI=1S/C16H15ClN2O3S/c1-10-13-8-14(16(21)22-7-6-20)23-15(13)19(18-10)9-11-2-4-12(17)5-3-11/h2-5,8,20H,6-7,9H2,1H3. The third-order valence-corrected chi connectivity index (χ3v) is 4.76. The van der Waals surface area contributed by atoms with E-state index in [1.165, 1.54) is 11.3 Å². The highest BCUT2D eigenvalue weighted by Gasteiger charge is 2.17. The fraction of sp³-hybridized carbons (Fsp3) is 0.250. The van der Waals surface area contributed by atoms with Gasteiger partial charge in [0, 0.05) is 10.4 Å². The second-order valence-electron chi connectivity index (χ2n) is 5.06. The number of hydrogen-bond donors (Lipinski definition) is 1. The maximum absolute atomic E-state index is 11.9. The monoisotopic (exact) mass is 350 g/mol. The summed E-state index contributed by atoms with van der Waals surface area (Å²) in [4.78, 5) is 13.4. The molecule has 3 aromatic rings. The fourth-order valence-corrected chi connectivity index (χ4v) is 3.47. The number of aliphatic hydroxyl groups is 1. The molecule has 2 aromatic heterocycles. The molecule has 0 amide bonds. The van der Waals surface area contributed by atoms with Gasteiger partial charge in [0.05, 0.1) is 18.8 Å². The Kier molecular flexibility index (Phi) is 4.66. The lowest BCUT2D eigenvalue weighted by molar-refractivity contribution is 0.0439. The van der Waals surface area contributed by atoms with Gasteiger partial charge in [0.2, 0.25) is 0 Å². The number of benzene rings is 1. The molecule has 0 spiro atoms. The number of rotatable bonds is 5. The third kappa shape index (κ3) is 3.39. The Morgan fingerprint density at radius 1 is 1.39 bits per heavy atom. The summed E-state index contributed by atoms with van der Waals surface area (Å²) in [6, 6.07) is 9.39.